The number of aromatic nitrogens is 2. The van der Waals surface area contributed by atoms with Crippen LogP contribution in [0, 0.1) is 0 Å². The second-order valence-corrected chi connectivity index (χ2v) is 5.91. The average molecular weight is 328 g/mol. The molecule has 0 aliphatic rings. The van der Waals surface area contributed by atoms with Crippen molar-refractivity contribution < 1.29 is 9.59 Å². The number of nitrogens with zero attached hydrogens (tertiary/aromatic N) is 2. The molecular weight excluding hydrogens is 304 g/mol. The van der Waals surface area contributed by atoms with Gasteiger partial charge >= 0.3 is 0 Å². The zero-order valence-corrected chi connectivity index (χ0v) is 14.3. The maximum absolute atomic E-state index is 12.2. The van der Waals surface area contributed by atoms with Gasteiger partial charge in [-0.3, -0.25) is 9.59 Å². The third-order valence-electron chi connectivity index (χ3n) is 3.85. The van der Waals surface area contributed by atoms with Crippen molar-refractivity contribution in [3.63, 3.8) is 0 Å². The largest absolute Gasteiger partial charge is 0.349 e. The molecule has 0 saturated carbocycles. The molecule has 128 valence electrons. The van der Waals surface area contributed by atoms with Gasteiger partial charge in [0.05, 0.1) is 12.2 Å². The number of rotatable bonds is 7. The zero-order valence-electron chi connectivity index (χ0n) is 14.3. The monoisotopic (exact) mass is 328 g/mol. The van der Waals surface area contributed by atoms with Crippen molar-refractivity contribution in [2.24, 2.45) is 0 Å². The Morgan fingerprint density at radius 3 is 2.54 bits per heavy atom. The molecule has 1 aromatic heterocycles. The van der Waals surface area contributed by atoms with Crippen LogP contribution in [0.3, 0.4) is 0 Å². The minimum atomic E-state index is -0.266. The number of benzene rings is 1. The van der Waals surface area contributed by atoms with E-state index >= 15 is 0 Å². The molecule has 2 rings (SSSR count). The molecule has 0 aliphatic heterocycles. The summed E-state index contributed by atoms with van der Waals surface area (Å²) in [6.45, 7) is 5.93. The van der Waals surface area contributed by atoms with Gasteiger partial charge in [0, 0.05) is 24.1 Å². The van der Waals surface area contributed by atoms with Crippen LogP contribution in [-0.2, 0) is 4.79 Å². The van der Waals surface area contributed by atoms with Crippen LogP contribution in [0.4, 0.5) is 5.82 Å². The summed E-state index contributed by atoms with van der Waals surface area (Å²) in [4.78, 5) is 24.3. The molecule has 0 bridgehead atoms. The van der Waals surface area contributed by atoms with Crippen molar-refractivity contribution in [2.45, 2.75) is 45.7 Å². The van der Waals surface area contributed by atoms with E-state index in [0.29, 0.717) is 11.4 Å². The molecule has 6 heteroatoms. The predicted octanol–water partition coefficient (Wildman–Crippen LogP) is 3.00. The molecule has 0 radical (unpaired) electrons. The van der Waals surface area contributed by atoms with Crippen LogP contribution in [-0.4, -0.2) is 27.6 Å². The van der Waals surface area contributed by atoms with Crippen molar-refractivity contribution >= 4 is 17.6 Å². The van der Waals surface area contributed by atoms with Crippen molar-refractivity contribution in [1.29, 1.82) is 0 Å². The van der Waals surface area contributed by atoms with Gasteiger partial charge in [-0.05, 0) is 32.4 Å². The first-order valence-electron chi connectivity index (χ1n) is 8.20. The quantitative estimate of drug-likeness (QED) is 0.820. The predicted molar refractivity (Wildman–Crippen MR) is 93.8 cm³/mol. The standard InChI is InChI=1S/C18H24N4O2/c1-4-14(3)22-16(10-11-19-22)21-17(23)12-13(2)20-18(24)15-8-6-5-7-9-15/h5-11,13-14H,4,12H2,1-3H3,(H,20,24)(H,21,23)/t13-,14-/m0/s1. The van der Waals surface area contributed by atoms with Crippen molar-refractivity contribution in [3.05, 3.63) is 48.2 Å². The third kappa shape index (κ3) is 4.68. The van der Waals surface area contributed by atoms with Gasteiger partial charge in [-0.25, -0.2) is 4.68 Å². The number of hydrogen-bond acceptors (Lipinski definition) is 3. The van der Waals surface area contributed by atoms with Crippen molar-refractivity contribution in [1.82, 2.24) is 15.1 Å². The Kier molecular flexibility index (Phi) is 6.12. The first-order valence-corrected chi connectivity index (χ1v) is 8.20. The van der Waals surface area contributed by atoms with Crippen LogP contribution in [0.1, 0.15) is 50.0 Å². The topological polar surface area (TPSA) is 76.0 Å². The Labute approximate surface area is 142 Å². The zero-order chi connectivity index (χ0) is 17.5. The summed E-state index contributed by atoms with van der Waals surface area (Å²) in [5, 5.41) is 9.93. The lowest BCUT2D eigenvalue weighted by Crippen LogP contribution is -2.35. The van der Waals surface area contributed by atoms with E-state index in [1.807, 2.05) is 32.0 Å². The van der Waals surface area contributed by atoms with E-state index in [1.165, 1.54) is 0 Å². The molecule has 1 heterocycles. The molecule has 0 saturated heterocycles. The first-order chi connectivity index (χ1) is 11.5. The highest BCUT2D eigenvalue weighted by atomic mass is 16.2. The van der Waals surface area contributed by atoms with E-state index in [2.05, 4.69) is 22.7 Å². The second kappa shape index (κ2) is 8.29. The van der Waals surface area contributed by atoms with E-state index in [0.717, 1.165) is 6.42 Å². The Bertz CT molecular complexity index is 681. The van der Waals surface area contributed by atoms with Crippen LogP contribution in [0.2, 0.25) is 0 Å². The molecule has 0 aliphatic carbocycles. The van der Waals surface area contributed by atoms with Gasteiger partial charge in [0.15, 0.2) is 0 Å². The maximum Gasteiger partial charge on any atom is 0.251 e. The Morgan fingerprint density at radius 1 is 1.17 bits per heavy atom. The Morgan fingerprint density at radius 2 is 1.88 bits per heavy atom. The highest BCUT2D eigenvalue weighted by Gasteiger charge is 2.15. The molecule has 0 unspecified atom stereocenters. The maximum atomic E-state index is 12.2. The summed E-state index contributed by atoms with van der Waals surface area (Å²) < 4.78 is 1.80. The summed E-state index contributed by atoms with van der Waals surface area (Å²) in [5.41, 5.74) is 0.583. The number of hydrogen-bond donors (Lipinski definition) is 2. The van der Waals surface area contributed by atoms with Gasteiger partial charge < -0.3 is 10.6 Å². The Hall–Kier alpha value is -2.63. The van der Waals surface area contributed by atoms with Gasteiger partial charge in [-0.1, -0.05) is 25.1 Å². The minimum absolute atomic E-state index is 0.152. The van der Waals surface area contributed by atoms with Crippen molar-refractivity contribution in [3.8, 4) is 0 Å². The number of carbonyl (C=O) groups is 2. The van der Waals surface area contributed by atoms with Crippen LogP contribution < -0.4 is 10.6 Å². The molecule has 1 aromatic carbocycles. The summed E-state index contributed by atoms with van der Waals surface area (Å²) in [6.07, 6.45) is 2.79. The number of anilines is 1. The molecule has 0 spiro atoms. The van der Waals surface area contributed by atoms with E-state index in [4.69, 9.17) is 0 Å². The van der Waals surface area contributed by atoms with Gasteiger partial charge in [0.25, 0.3) is 5.91 Å². The Balaban J connectivity index is 1.88. The van der Waals surface area contributed by atoms with Gasteiger partial charge in [-0.2, -0.15) is 5.10 Å². The lowest BCUT2D eigenvalue weighted by atomic mass is 10.1. The second-order valence-electron chi connectivity index (χ2n) is 5.91. The van der Waals surface area contributed by atoms with Gasteiger partial charge in [0.1, 0.15) is 5.82 Å². The average Bonchev–Trinajstić information content (AvgIpc) is 3.02. The summed E-state index contributed by atoms with van der Waals surface area (Å²) in [6, 6.07) is 10.7. The number of amides is 2. The molecule has 0 fully saturated rings. The van der Waals surface area contributed by atoms with Gasteiger partial charge in [0.2, 0.25) is 5.91 Å². The minimum Gasteiger partial charge on any atom is -0.349 e. The molecule has 2 N–H and O–H groups in total. The normalized spacial score (nSPS) is 13.1. The summed E-state index contributed by atoms with van der Waals surface area (Å²) in [5.74, 6) is 0.345. The van der Waals surface area contributed by atoms with Crippen molar-refractivity contribution in [2.75, 3.05) is 5.32 Å². The fourth-order valence-corrected chi connectivity index (χ4v) is 2.36. The summed E-state index contributed by atoms with van der Waals surface area (Å²) in [7, 11) is 0. The van der Waals surface area contributed by atoms with E-state index in [9.17, 15) is 9.59 Å². The smallest absolute Gasteiger partial charge is 0.251 e. The van der Waals surface area contributed by atoms with E-state index in [1.54, 1.807) is 29.1 Å². The number of nitrogens with one attached hydrogen (secondary N) is 2. The van der Waals surface area contributed by atoms with Crippen LogP contribution >= 0.6 is 0 Å². The summed E-state index contributed by atoms with van der Waals surface area (Å²) >= 11 is 0. The molecular formula is C18H24N4O2. The molecule has 2 atom stereocenters. The van der Waals surface area contributed by atoms with Crippen LogP contribution in [0.25, 0.3) is 0 Å². The lowest BCUT2D eigenvalue weighted by molar-refractivity contribution is -0.116. The van der Waals surface area contributed by atoms with E-state index < -0.39 is 0 Å². The SMILES string of the molecule is CC[C@H](C)n1nccc1NC(=O)C[C@H](C)NC(=O)c1ccccc1. The van der Waals surface area contributed by atoms with Crippen LogP contribution in [0.15, 0.2) is 42.6 Å². The van der Waals surface area contributed by atoms with Crippen LogP contribution in [0.5, 0.6) is 0 Å². The van der Waals surface area contributed by atoms with E-state index in [-0.39, 0.29) is 30.3 Å². The number of carbonyl (C=O) groups excluding carboxylic acids is 2. The molecule has 24 heavy (non-hydrogen) atoms. The highest BCUT2D eigenvalue weighted by Crippen LogP contribution is 2.16. The molecule has 2 amide bonds. The van der Waals surface area contributed by atoms with Gasteiger partial charge in [-0.15, -0.1) is 0 Å². The first kappa shape index (κ1) is 17.7. The molecule has 6 nitrogen and oxygen atoms in total. The third-order valence-corrected chi connectivity index (χ3v) is 3.85. The lowest BCUT2D eigenvalue weighted by Gasteiger charge is -2.16. The fourth-order valence-electron chi connectivity index (χ4n) is 2.36. The molecule has 2 aromatic rings. The highest BCUT2D eigenvalue weighted by molar-refractivity contribution is 5.95. The fraction of sp³-hybridized carbons (Fsp3) is 0.389.